The van der Waals surface area contributed by atoms with Gasteiger partial charge in [-0.2, -0.15) is 0 Å². The average molecular weight is 396 g/mol. The molecule has 9 heteroatoms. The van der Waals surface area contributed by atoms with Crippen LogP contribution in [-0.2, 0) is 4.74 Å². The van der Waals surface area contributed by atoms with Crippen LogP contribution in [0.4, 0.5) is 22.1 Å². The van der Waals surface area contributed by atoms with Gasteiger partial charge in [0.05, 0.1) is 18.3 Å². The largest absolute Gasteiger partial charge is 0.383 e. The molecule has 3 amide bonds. The summed E-state index contributed by atoms with van der Waals surface area (Å²) in [5.41, 5.74) is 1.13. The number of methoxy groups -OCH3 is 1. The second-order valence-corrected chi connectivity index (χ2v) is 7.27. The number of aromatic nitrogens is 2. The minimum absolute atomic E-state index is 0.00411. The van der Waals surface area contributed by atoms with Crippen molar-refractivity contribution in [2.24, 2.45) is 0 Å². The molecule has 2 aromatic heterocycles. The molecular weight excluding hydrogens is 372 g/mol. The Morgan fingerprint density at radius 2 is 2.17 bits per heavy atom. The van der Waals surface area contributed by atoms with E-state index in [0.717, 1.165) is 25.2 Å². The third-order valence-electron chi connectivity index (χ3n) is 5.10. The van der Waals surface area contributed by atoms with E-state index in [1.54, 1.807) is 36.4 Å². The van der Waals surface area contributed by atoms with Crippen LogP contribution in [0.15, 0.2) is 36.5 Å². The third-order valence-corrected chi connectivity index (χ3v) is 5.10. The molecule has 2 atom stereocenters. The van der Waals surface area contributed by atoms with Gasteiger partial charge < -0.3 is 15.0 Å². The van der Waals surface area contributed by atoms with Gasteiger partial charge in [-0.3, -0.25) is 15.0 Å². The lowest BCUT2D eigenvalue weighted by Crippen LogP contribution is -2.48. The maximum atomic E-state index is 13.1. The molecule has 2 bridgehead atoms. The summed E-state index contributed by atoms with van der Waals surface area (Å²) in [6.45, 7) is 3.87. The Bertz CT molecular complexity index is 906. The topological polar surface area (TPSA) is 99.7 Å². The first kappa shape index (κ1) is 19.1. The minimum Gasteiger partial charge on any atom is -0.383 e. The van der Waals surface area contributed by atoms with Crippen molar-refractivity contribution in [3.8, 4) is 0 Å². The molecule has 29 heavy (non-hydrogen) atoms. The maximum absolute atomic E-state index is 13.1. The lowest BCUT2D eigenvalue weighted by atomic mass is 10.1. The standard InChI is InChI=1S/C20H24N6O3/c1-13(12-29-2)22-19(27)15-6-7-16-18(23-15)26(14-8-10-25(16)11-14)20(28)24-17-5-3-4-9-21-17/h3-7,9,13-14H,8,10-12H2,1-2H3,(H,22,27)(H,21,24,28)/t13?,14-/m0/s1. The van der Waals surface area contributed by atoms with Crippen LogP contribution in [0.5, 0.6) is 0 Å². The second-order valence-electron chi connectivity index (χ2n) is 7.27. The van der Waals surface area contributed by atoms with Crippen molar-refractivity contribution in [1.29, 1.82) is 0 Å². The van der Waals surface area contributed by atoms with Crippen molar-refractivity contribution >= 4 is 29.3 Å². The number of rotatable bonds is 5. The van der Waals surface area contributed by atoms with Crippen molar-refractivity contribution in [2.45, 2.75) is 25.4 Å². The summed E-state index contributed by atoms with van der Waals surface area (Å²) < 4.78 is 5.06. The van der Waals surface area contributed by atoms with E-state index in [1.165, 1.54) is 0 Å². The van der Waals surface area contributed by atoms with E-state index < -0.39 is 0 Å². The van der Waals surface area contributed by atoms with E-state index in [1.807, 2.05) is 19.1 Å². The molecule has 1 unspecified atom stereocenters. The van der Waals surface area contributed by atoms with Crippen molar-refractivity contribution < 1.29 is 14.3 Å². The van der Waals surface area contributed by atoms with Gasteiger partial charge in [0.15, 0.2) is 5.82 Å². The van der Waals surface area contributed by atoms with Crippen LogP contribution < -0.4 is 20.4 Å². The van der Waals surface area contributed by atoms with Crippen molar-refractivity contribution in [1.82, 2.24) is 15.3 Å². The summed E-state index contributed by atoms with van der Waals surface area (Å²) in [6.07, 6.45) is 2.47. The number of fused-ring (bicyclic) bond motifs is 4. The number of hydrogen-bond acceptors (Lipinski definition) is 6. The maximum Gasteiger partial charge on any atom is 0.329 e. The van der Waals surface area contributed by atoms with Crippen molar-refractivity contribution in [3.63, 3.8) is 0 Å². The van der Waals surface area contributed by atoms with E-state index in [0.29, 0.717) is 18.2 Å². The number of hydrogen-bond donors (Lipinski definition) is 2. The van der Waals surface area contributed by atoms with E-state index in [9.17, 15) is 9.59 Å². The van der Waals surface area contributed by atoms with E-state index in [4.69, 9.17) is 4.74 Å². The number of ether oxygens (including phenoxy) is 1. The van der Waals surface area contributed by atoms with Crippen molar-refractivity contribution in [3.05, 3.63) is 42.2 Å². The van der Waals surface area contributed by atoms with Gasteiger partial charge in [-0.25, -0.2) is 14.8 Å². The molecule has 1 fully saturated rings. The molecule has 0 radical (unpaired) electrons. The minimum atomic E-state index is -0.297. The zero-order chi connectivity index (χ0) is 20.4. The molecule has 9 nitrogen and oxygen atoms in total. The Labute approximate surface area is 169 Å². The van der Waals surface area contributed by atoms with Crippen LogP contribution in [-0.4, -0.2) is 60.8 Å². The molecule has 2 aliphatic rings. The number of nitrogens with one attached hydrogen (secondary N) is 2. The normalized spacial score (nSPS) is 18.2. The fraction of sp³-hybridized carbons (Fsp3) is 0.400. The molecule has 2 N–H and O–H groups in total. The van der Waals surface area contributed by atoms with Gasteiger partial charge in [0, 0.05) is 32.4 Å². The highest BCUT2D eigenvalue weighted by Gasteiger charge is 2.40. The molecule has 0 saturated carbocycles. The molecule has 0 spiro atoms. The SMILES string of the molecule is COCC(C)NC(=O)c1ccc2c(n1)N(C(=O)Nc1ccccn1)[C@H]1CCN2C1. The van der Waals surface area contributed by atoms with Crippen LogP contribution in [0.1, 0.15) is 23.8 Å². The summed E-state index contributed by atoms with van der Waals surface area (Å²) in [5.74, 6) is 0.677. The fourth-order valence-corrected chi connectivity index (χ4v) is 3.79. The molecule has 2 aliphatic heterocycles. The molecule has 0 aromatic carbocycles. The monoisotopic (exact) mass is 396 g/mol. The predicted octanol–water partition coefficient (Wildman–Crippen LogP) is 1.87. The first-order valence-corrected chi connectivity index (χ1v) is 9.64. The Balaban J connectivity index is 1.62. The van der Waals surface area contributed by atoms with E-state index >= 15 is 0 Å². The highest BCUT2D eigenvalue weighted by Crippen LogP contribution is 2.39. The second kappa shape index (κ2) is 8.04. The quantitative estimate of drug-likeness (QED) is 0.800. The smallest absolute Gasteiger partial charge is 0.329 e. The molecular formula is C20H24N6O3. The summed E-state index contributed by atoms with van der Waals surface area (Å²) in [7, 11) is 1.59. The van der Waals surface area contributed by atoms with Gasteiger partial charge in [0.1, 0.15) is 11.5 Å². The Morgan fingerprint density at radius 3 is 2.93 bits per heavy atom. The number of nitrogens with zero attached hydrogens (tertiary/aromatic N) is 4. The first-order chi connectivity index (χ1) is 14.1. The summed E-state index contributed by atoms with van der Waals surface area (Å²) >= 11 is 0. The number of pyridine rings is 2. The summed E-state index contributed by atoms with van der Waals surface area (Å²) in [5, 5.41) is 5.69. The van der Waals surface area contributed by atoms with Crippen LogP contribution in [0.25, 0.3) is 0 Å². The van der Waals surface area contributed by atoms with E-state index in [2.05, 4.69) is 25.5 Å². The lowest BCUT2D eigenvalue weighted by Gasteiger charge is -2.35. The lowest BCUT2D eigenvalue weighted by molar-refractivity contribution is 0.0900. The molecule has 4 heterocycles. The van der Waals surface area contributed by atoms with E-state index in [-0.39, 0.29) is 29.7 Å². The van der Waals surface area contributed by atoms with Crippen molar-refractivity contribution in [2.75, 3.05) is 41.9 Å². The Kier molecular flexibility index (Phi) is 5.30. The van der Waals surface area contributed by atoms with Gasteiger partial charge in [-0.1, -0.05) is 6.07 Å². The predicted molar refractivity (Wildman–Crippen MR) is 109 cm³/mol. The van der Waals surface area contributed by atoms with Crippen LogP contribution in [0.3, 0.4) is 0 Å². The van der Waals surface area contributed by atoms with Gasteiger partial charge in [0.25, 0.3) is 5.91 Å². The van der Waals surface area contributed by atoms with Crippen LogP contribution in [0.2, 0.25) is 0 Å². The van der Waals surface area contributed by atoms with Gasteiger partial charge >= 0.3 is 6.03 Å². The van der Waals surface area contributed by atoms with Crippen LogP contribution >= 0.6 is 0 Å². The summed E-state index contributed by atoms with van der Waals surface area (Å²) in [6, 6.07) is 8.46. The number of carbonyl (C=O) groups excluding carboxylic acids is 2. The number of urea groups is 1. The fourth-order valence-electron chi connectivity index (χ4n) is 3.79. The zero-order valence-corrected chi connectivity index (χ0v) is 16.5. The molecule has 2 aromatic rings. The number of carbonyl (C=O) groups is 2. The van der Waals surface area contributed by atoms with Gasteiger partial charge in [-0.05, 0) is 37.6 Å². The molecule has 152 valence electrons. The van der Waals surface area contributed by atoms with Gasteiger partial charge in [0.2, 0.25) is 0 Å². The summed E-state index contributed by atoms with van der Waals surface area (Å²) in [4.78, 5) is 38.2. The number of amides is 3. The van der Waals surface area contributed by atoms with Gasteiger partial charge in [-0.15, -0.1) is 0 Å². The molecule has 0 aliphatic carbocycles. The third kappa shape index (κ3) is 3.86. The highest BCUT2D eigenvalue weighted by molar-refractivity contribution is 6.05. The molecule has 1 saturated heterocycles. The first-order valence-electron chi connectivity index (χ1n) is 9.64. The molecule has 4 rings (SSSR count). The van der Waals surface area contributed by atoms with Crippen LogP contribution in [0, 0.1) is 0 Å². The Morgan fingerprint density at radius 1 is 1.31 bits per heavy atom. The zero-order valence-electron chi connectivity index (χ0n) is 16.5. The highest BCUT2D eigenvalue weighted by atomic mass is 16.5. The Hall–Kier alpha value is -3.20. The average Bonchev–Trinajstić information content (AvgIpc) is 3.13. The number of anilines is 3.